The van der Waals surface area contributed by atoms with E-state index in [0.717, 1.165) is 11.4 Å². The van der Waals surface area contributed by atoms with Crippen molar-refractivity contribution < 1.29 is 17.9 Å². The van der Waals surface area contributed by atoms with Crippen molar-refractivity contribution in [1.82, 2.24) is 34.1 Å². The van der Waals surface area contributed by atoms with Gasteiger partial charge in [0.1, 0.15) is 22.9 Å². The third-order valence-corrected chi connectivity index (χ3v) is 7.72. The Kier molecular flexibility index (Phi) is 6.72. The van der Waals surface area contributed by atoms with Gasteiger partial charge in [-0.25, -0.2) is 4.98 Å². The number of nitrogens with zero attached hydrogens (tertiary/aromatic N) is 7. The number of fused-ring (bicyclic) bond motifs is 3. The van der Waals surface area contributed by atoms with E-state index >= 15 is 0 Å². The van der Waals surface area contributed by atoms with Crippen molar-refractivity contribution >= 4 is 36.7 Å². The first-order chi connectivity index (χ1) is 17.7. The molecule has 0 radical (unpaired) electrons. The van der Waals surface area contributed by atoms with E-state index in [9.17, 15) is 13.2 Å². The molecule has 1 aliphatic carbocycles. The first-order valence-electron chi connectivity index (χ1n) is 11.8. The maximum Gasteiger partial charge on any atom is 0.401 e. The van der Waals surface area contributed by atoms with Crippen molar-refractivity contribution in [3.8, 4) is 22.6 Å². The summed E-state index contributed by atoms with van der Waals surface area (Å²) in [6.45, 7) is 0.675. The van der Waals surface area contributed by atoms with Crippen molar-refractivity contribution in [2.75, 3.05) is 12.4 Å². The highest BCUT2D eigenvalue weighted by molar-refractivity contribution is 7.59. The van der Waals surface area contributed by atoms with Gasteiger partial charge in [-0.05, 0) is 25.0 Å². The molecule has 9 nitrogen and oxygen atoms in total. The molecule has 0 unspecified atom stereocenters. The standard InChI is InChI=1S/C24H24ClF3N8O.H2S/c1-34-20(4-7-30-34)31-19-9-16(17(25)10-29-19)14-8-18-21-32-33-22(23(5-3-6-23)24(26,27)28)36(21)13-15(37-2)12-35(18)11-14;/h4,7-11,15H,3,5-6,12-13H2,1-2H3,(H,29,31);1H2/t15-;/m0./s1. The Morgan fingerprint density at radius 1 is 1.18 bits per heavy atom. The number of hydrogen-bond donors (Lipinski definition) is 1. The predicted molar refractivity (Wildman–Crippen MR) is 141 cm³/mol. The van der Waals surface area contributed by atoms with Gasteiger partial charge in [-0.1, -0.05) is 18.0 Å². The Balaban J connectivity index is 0.00000294. The summed E-state index contributed by atoms with van der Waals surface area (Å²) in [4.78, 5) is 4.36. The van der Waals surface area contributed by atoms with Crippen LogP contribution in [0.1, 0.15) is 25.1 Å². The second-order valence-electron chi connectivity index (χ2n) is 9.53. The SMILES string of the molecule is CO[C@H]1Cn2cc(-c3cc(Nc4ccnn4C)ncc3Cl)cc2-c2nnc(C3(C(F)(F)F)CCC3)n2C1.S. The van der Waals surface area contributed by atoms with Crippen LogP contribution >= 0.6 is 25.1 Å². The van der Waals surface area contributed by atoms with Crippen LogP contribution in [-0.2, 0) is 30.3 Å². The molecule has 202 valence electrons. The van der Waals surface area contributed by atoms with Crippen LogP contribution in [0.4, 0.5) is 24.8 Å². The molecule has 6 rings (SSSR count). The van der Waals surface area contributed by atoms with E-state index in [1.54, 1.807) is 28.8 Å². The minimum Gasteiger partial charge on any atom is -0.378 e. The molecule has 0 bridgehead atoms. The van der Waals surface area contributed by atoms with Crippen molar-refractivity contribution in [2.45, 2.75) is 50.0 Å². The molecule has 14 heteroatoms. The van der Waals surface area contributed by atoms with Gasteiger partial charge >= 0.3 is 6.18 Å². The average Bonchev–Trinajstić information content (AvgIpc) is 3.51. The number of hydrogen-bond acceptors (Lipinski definition) is 6. The number of methoxy groups -OCH3 is 1. The number of alkyl halides is 3. The van der Waals surface area contributed by atoms with Crippen LogP contribution < -0.4 is 5.32 Å². The Morgan fingerprint density at radius 2 is 1.97 bits per heavy atom. The summed E-state index contributed by atoms with van der Waals surface area (Å²) in [5.74, 6) is 1.67. The zero-order chi connectivity index (χ0) is 25.9. The number of aromatic nitrogens is 7. The molecule has 1 N–H and O–H groups in total. The largest absolute Gasteiger partial charge is 0.401 e. The number of ether oxygens (including phenoxy) is 1. The summed E-state index contributed by atoms with van der Waals surface area (Å²) in [7, 11) is 3.37. The molecule has 38 heavy (non-hydrogen) atoms. The molecule has 1 saturated carbocycles. The Bertz CT molecular complexity index is 1480. The summed E-state index contributed by atoms with van der Waals surface area (Å²) in [6.07, 6.45) is 0.895. The monoisotopic (exact) mass is 566 g/mol. The van der Waals surface area contributed by atoms with Gasteiger partial charge in [0.15, 0.2) is 5.82 Å². The fraction of sp³-hybridized carbons (Fsp3) is 0.417. The number of halogens is 4. The topological polar surface area (TPSA) is 87.6 Å². The summed E-state index contributed by atoms with van der Waals surface area (Å²) < 4.78 is 53.4. The molecular formula is C24H26ClF3N8OS. The zero-order valence-electron chi connectivity index (χ0n) is 20.6. The summed E-state index contributed by atoms with van der Waals surface area (Å²) in [5, 5.41) is 16.2. The molecule has 0 amide bonds. The molecule has 1 fully saturated rings. The van der Waals surface area contributed by atoms with E-state index in [2.05, 4.69) is 25.6 Å². The summed E-state index contributed by atoms with van der Waals surface area (Å²) >= 11 is 6.54. The molecule has 2 aliphatic rings. The van der Waals surface area contributed by atoms with Crippen LogP contribution in [-0.4, -0.2) is 53.5 Å². The minimum absolute atomic E-state index is 0. The number of pyridine rings is 1. The first kappa shape index (κ1) is 26.6. The van der Waals surface area contributed by atoms with E-state index in [-0.39, 0.29) is 44.8 Å². The highest BCUT2D eigenvalue weighted by Gasteiger charge is 2.62. The maximum atomic E-state index is 14.2. The van der Waals surface area contributed by atoms with E-state index in [0.29, 0.717) is 40.9 Å². The Morgan fingerprint density at radius 3 is 2.61 bits per heavy atom. The van der Waals surface area contributed by atoms with Gasteiger partial charge in [0, 0.05) is 43.7 Å². The van der Waals surface area contributed by atoms with Crippen LogP contribution in [0.5, 0.6) is 0 Å². The average molecular weight is 567 g/mol. The lowest BCUT2D eigenvalue weighted by Gasteiger charge is -2.42. The van der Waals surface area contributed by atoms with Gasteiger partial charge in [-0.3, -0.25) is 4.68 Å². The number of anilines is 2. The van der Waals surface area contributed by atoms with Crippen LogP contribution in [0.2, 0.25) is 5.02 Å². The van der Waals surface area contributed by atoms with Gasteiger partial charge in [-0.2, -0.15) is 31.8 Å². The highest BCUT2D eigenvalue weighted by Crippen LogP contribution is 2.54. The van der Waals surface area contributed by atoms with Crippen LogP contribution in [0, 0.1) is 0 Å². The van der Waals surface area contributed by atoms with Gasteiger partial charge in [0.05, 0.1) is 36.1 Å². The molecule has 4 aromatic rings. The van der Waals surface area contributed by atoms with Crippen molar-refractivity contribution in [3.63, 3.8) is 0 Å². The fourth-order valence-corrected chi connectivity index (χ4v) is 5.38. The third kappa shape index (κ3) is 4.16. The zero-order valence-corrected chi connectivity index (χ0v) is 22.4. The molecular weight excluding hydrogens is 541 g/mol. The quantitative estimate of drug-likeness (QED) is 0.363. The molecule has 5 heterocycles. The van der Waals surface area contributed by atoms with Crippen molar-refractivity contribution in [2.24, 2.45) is 7.05 Å². The summed E-state index contributed by atoms with van der Waals surface area (Å²) in [5.41, 5.74) is 0.173. The maximum absolute atomic E-state index is 14.2. The lowest BCUT2D eigenvalue weighted by Crippen LogP contribution is -2.50. The smallest absolute Gasteiger partial charge is 0.378 e. The van der Waals surface area contributed by atoms with E-state index in [1.165, 1.54) is 0 Å². The van der Waals surface area contributed by atoms with E-state index in [1.807, 2.05) is 36.0 Å². The fourth-order valence-electron chi connectivity index (χ4n) is 5.17. The van der Waals surface area contributed by atoms with E-state index in [4.69, 9.17) is 16.3 Å². The molecule has 0 spiro atoms. The highest BCUT2D eigenvalue weighted by atomic mass is 35.5. The van der Waals surface area contributed by atoms with Gasteiger partial charge in [0.2, 0.25) is 0 Å². The van der Waals surface area contributed by atoms with E-state index < -0.39 is 11.6 Å². The number of rotatable bonds is 5. The molecule has 1 atom stereocenters. The third-order valence-electron chi connectivity index (χ3n) is 7.42. The van der Waals surface area contributed by atoms with Crippen LogP contribution in [0.15, 0.2) is 36.8 Å². The number of aryl methyl sites for hydroxylation is 1. The molecule has 0 saturated heterocycles. The lowest BCUT2D eigenvalue weighted by atomic mass is 9.67. The van der Waals surface area contributed by atoms with Crippen LogP contribution in [0.25, 0.3) is 22.6 Å². The normalized spacial score (nSPS) is 18.1. The minimum atomic E-state index is -4.40. The summed E-state index contributed by atoms with van der Waals surface area (Å²) in [6, 6.07) is 5.52. The predicted octanol–water partition coefficient (Wildman–Crippen LogP) is 5.06. The van der Waals surface area contributed by atoms with Crippen molar-refractivity contribution in [3.05, 3.63) is 47.6 Å². The lowest BCUT2D eigenvalue weighted by molar-refractivity contribution is -0.216. The van der Waals surface area contributed by atoms with Crippen LogP contribution in [0.3, 0.4) is 0 Å². The number of nitrogens with one attached hydrogen (secondary N) is 1. The van der Waals surface area contributed by atoms with Crippen molar-refractivity contribution in [1.29, 1.82) is 0 Å². The first-order valence-corrected chi connectivity index (χ1v) is 12.2. The second kappa shape index (κ2) is 9.62. The Hall–Kier alpha value is -3.03. The molecule has 0 aromatic carbocycles. The van der Waals surface area contributed by atoms with Gasteiger partial charge in [-0.15, -0.1) is 10.2 Å². The van der Waals surface area contributed by atoms with Gasteiger partial charge < -0.3 is 19.2 Å². The Labute approximate surface area is 228 Å². The molecule has 1 aliphatic heterocycles. The molecule has 4 aromatic heterocycles. The second-order valence-corrected chi connectivity index (χ2v) is 9.94. The van der Waals surface area contributed by atoms with Gasteiger partial charge in [0.25, 0.3) is 0 Å².